The first-order valence-corrected chi connectivity index (χ1v) is 9.19. The summed E-state index contributed by atoms with van der Waals surface area (Å²) in [6.45, 7) is 0. The molecule has 1 aromatic heterocycles. The third-order valence-corrected chi connectivity index (χ3v) is 4.52. The number of carbonyl (C=O) groups excluding carboxylic acids is 1. The van der Waals surface area contributed by atoms with Gasteiger partial charge in [-0.2, -0.15) is 0 Å². The summed E-state index contributed by atoms with van der Waals surface area (Å²) in [6, 6.07) is 20.8. The lowest BCUT2D eigenvalue weighted by atomic mass is 10.1. The molecule has 0 spiro atoms. The third kappa shape index (κ3) is 4.17. The second-order valence-corrected chi connectivity index (χ2v) is 6.69. The molecule has 5 nitrogen and oxygen atoms in total. The number of halogens is 2. The molecule has 1 atom stereocenters. The molecule has 0 saturated heterocycles. The molecule has 1 amide bonds. The van der Waals surface area contributed by atoms with Crippen molar-refractivity contribution in [3.63, 3.8) is 0 Å². The van der Waals surface area contributed by atoms with Gasteiger partial charge in [0.1, 0.15) is 11.9 Å². The van der Waals surface area contributed by atoms with Crippen LogP contribution in [0.3, 0.4) is 0 Å². The molecular formula is C22H15ClFN3O2. The number of nitrogens with zero attached hydrogens (tertiary/aromatic N) is 2. The lowest BCUT2D eigenvalue weighted by molar-refractivity contribution is 0.0937. The van der Waals surface area contributed by atoms with Crippen LogP contribution in [-0.4, -0.2) is 16.1 Å². The first-order valence-electron chi connectivity index (χ1n) is 8.81. The number of rotatable bonds is 5. The SMILES string of the molecule is O=C(N[C@H](c1nnc(-c2ccccc2)o1)c1ccccc1F)c1cccc(Cl)c1. The van der Waals surface area contributed by atoms with Crippen molar-refractivity contribution in [2.24, 2.45) is 0 Å². The highest BCUT2D eigenvalue weighted by molar-refractivity contribution is 6.30. The Morgan fingerprint density at radius 2 is 1.72 bits per heavy atom. The highest BCUT2D eigenvalue weighted by Crippen LogP contribution is 2.27. The molecule has 0 unspecified atom stereocenters. The maximum absolute atomic E-state index is 14.5. The monoisotopic (exact) mass is 407 g/mol. The summed E-state index contributed by atoms with van der Waals surface area (Å²) in [5.74, 6) is -0.591. The number of aromatic nitrogens is 2. The Balaban J connectivity index is 1.71. The van der Waals surface area contributed by atoms with E-state index in [-0.39, 0.29) is 17.3 Å². The number of hydrogen-bond donors (Lipinski definition) is 1. The molecule has 0 aliphatic rings. The Morgan fingerprint density at radius 3 is 2.48 bits per heavy atom. The fourth-order valence-electron chi connectivity index (χ4n) is 2.87. The Hall–Kier alpha value is -3.51. The van der Waals surface area contributed by atoms with Crippen LogP contribution < -0.4 is 5.32 Å². The van der Waals surface area contributed by atoms with Crippen molar-refractivity contribution in [3.8, 4) is 11.5 Å². The van der Waals surface area contributed by atoms with Gasteiger partial charge in [0.05, 0.1) is 0 Å². The fraction of sp³-hybridized carbons (Fsp3) is 0.0455. The van der Waals surface area contributed by atoms with E-state index in [1.165, 1.54) is 12.1 Å². The van der Waals surface area contributed by atoms with Gasteiger partial charge in [0.25, 0.3) is 5.91 Å². The largest absolute Gasteiger partial charge is 0.418 e. The first-order chi connectivity index (χ1) is 14.1. The lowest BCUT2D eigenvalue weighted by Crippen LogP contribution is -2.30. The molecule has 1 heterocycles. The van der Waals surface area contributed by atoms with E-state index in [2.05, 4.69) is 15.5 Å². The van der Waals surface area contributed by atoms with E-state index >= 15 is 0 Å². The molecule has 0 fully saturated rings. The maximum atomic E-state index is 14.5. The van der Waals surface area contributed by atoms with Crippen LogP contribution >= 0.6 is 11.6 Å². The Labute approximate surface area is 171 Å². The van der Waals surface area contributed by atoms with Gasteiger partial charge in [-0.3, -0.25) is 4.79 Å². The van der Waals surface area contributed by atoms with E-state index in [4.69, 9.17) is 16.0 Å². The number of hydrogen-bond acceptors (Lipinski definition) is 4. The second-order valence-electron chi connectivity index (χ2n) is 6.25. The van der Waals surface area contributed by atoms with Gasteiger partial charge in [0, 0.05) is 21.7 Å². The third-order valence-electron chi connectivity index (χ3n) is 4.29. The molecule has 0 aliphatic heterocycles. The van der Waals surface area contributed by atoms with Crippen molar-refractivity contribution >= 4 is 17.5 Å². The molecule has 3 aromatic carbocycles. The maximum Gasteiger partial charge on any atom is 0.252 e. The summed E-state index contributed by atoms with van der Waals surface area (Å²) in [7, 11) is 0. The smallest absolute Gasteiger partial charge is 0.252 e. The van der Waals surface area contributed by atoms with Crippen molar-refractivity contribution in [1.29, 1.82) is 0 Å². The summed E-state index contributed by atoms with van der Waals surface area (Å²) in [6.07, 6.45) is 0. The minimum Gasteiger partial charge on any atom is -0.418 e. The van der Waals surface area contributed by atoms with Gasteiger partial charge in [-0.1, -0.05) is 54.1 Å². The minimum atomic E-state index is -0.965. The van der Waals surface area contributed by atoms with Crippen LogP contribution in [-0.2, 0) is 0 Å². The number of benzene rings is 3. The van der Waals surface area contributed by atoms with Crippen LogP contribution in [0.4, 0.5) is 4.39 Å². The quantitative estimate of drug-likeness (QED) is 0.502. The molecule has 144 valence electrons. The van der Waals surface area contributed by atoms with E-state index in [9.17, 15) is 9.18 Å². The molecule has 0 bridgehead atoms. The van der Waals surface area contributed by atoms with Crippen molar-refractivity contribution in [3.05, 3.63) is 107 Å². The van der Waals surface area contributed by atoms with E-state index in [1.54, 1.807) is 36.4 Å². The zero-order chi connectivity index (χ0) is 20.2. The van der Waals surface area contributed by atoms with Gasteiger partial charge < -0.3 is 9.73 Å². The standard InChI is InChI=1S/C22H15ClFN3O2/c23-16-10-6-9-15(13-16)20(28)25-19(17-11-4-5-12-18(17)24)22-27-26-21(29-22)14-7-2-1-3-8-14/h1-13,19H,(H,25,28)/t19-/m0/s1. The van der Waals surface area contributed by atoms with Crippen LogP contribution in [0, 0.1) is 5.82 Å². The molecule has 0 aliphatic carbocycles. The van der Waals surface area contributed by atoms with Crippen LogP contribution in [0.25, 0.3) is 11.5 Å². The van der Waals surface area contributed by atoms with E-state index in [0.717, 1.165) is 5.56 Å². The second kappa shape index (κ2) is 8.24. The summed E-state index contributed by atoms with van der Waals surface area (Å²) >= 11 is 5.98. The zero-order valence-corrected chi connectivity index (χ0v) is 15.8. The van der Waals surface area contributed by atoms with Crippen molar-refractivity contribution in [1.82, 2.24) is 15.5 Å². The minimum absolute atomic E-state index is 0.0735. The Morgan fingerprint density at radius 1 is 0.966 bits per heavy atom. The van der Waals surface area contributed by atoms with Crippen molar-refractivity contribution < 1.29 is 13.6 Å². The predicted molar refractivity (Wildman–Crippen MR) is 107 cm³/mol. The average molecular weight is 408 g/mol. The number of nitrogens with one attached hydrogen (secondary N) is 1. The van der Waals surface area contributed by atoms with Crippen LogP contribution in [0.5, 0.6) is 0 Å². The number of carbonyl (C=O) groups is 1. The van der Waals surface area contributed by atoms with Gasteiger partial charge >= 0.3 is 0 Å². The molecule has 0 saturated carbocycles. The summed E-state index contributed by atoms with van der Waals surface area (Å²) in [4.78, 5) is 12.8. The average Bonchev–Trinajstić information content (AvgIpc) is 3.23. The highest BCUT2D eigenvalue weighted by atomic mass is 35.5. The summed E-state index contributed by atoms with van der Waals surface area (Å²) in [5, 5.41) is 11.3. The van der Waals surface area contributed by atoms with Gasteiger partial charge in [-0.05, 0) is 36.4 Å². The first kappa shape index (κ1) is 18.8. The normalized spacial score (nSPS) is 11.8. The lowest BCUT2D eigenvalue weighted by Gasteiger charge is -2.16. The molecule has 4 aromatic rings. The van der Waals surface area contributed by atoms with Crippen LogP contribution in [0.2, 0.25) is 5.02 Å². The predicted octanol–water partition coefficient (Wildman–Crippen LogP) is 5.05. The van der Waals surface area contributed by atoms with Gasteiger partial charge in [-0.25, -0.2) is 4.39 Å². The van der Waals surface area contributed by atoms with Crippen molar-refractivity contribution in [2.75, 3.05) is 0 Å². The fourth-order valence-corrected chi connectivity index (χ4v) is 3.06. The Kier molecular flexibility index (Phi) is 5.35. The summed E-state index contributed by atoms with van der Waals surface area (Å²) < 4.78 is 20.3. The van der Waals surface area contributed by atoms with Crippen LogP contribution in [0.1, 0.15) is 27.9 Å². The summed E-state index contributed by atoms with van der Waals surface area (Å²) in [5.41, 5.74) is 1.27. The van der Waals surface area contributed by atoms with Gasteiger partial charge in [0.15, 0.2) is 0 Å². The van der Waals surface area contributed by atoms with Gasteiger partial charge in [0.2, 0.25) is 11.8 Å². The Bertz CT molecular complexity index is 1150. The molecule has 1 N–H and O–H groups in total. The number of amides is 1. The highest BCUT2D eigenvalue weighted by Gasteiger charge is 2.26. The van der Waals surface area contributed by atoms with E-state index in [0.29, 0.717) is 10.6 Å². The molecule has 7 heteroatoms. The zero-order valence-electron chi connectivity index (χ0n) is 15.0. The van der Waals surface area contributed by atoms with E-state index < -0.39 is 17.8 Å². The van der Waals surface area contributed by atoms with E-state index in [1.807, 2.05) is 30.3 Å². The van der Waals surface area contributed by atoms with Crippen molar-refractivity contribution in [2.45, 2.75) is 6.04 Å². The topological polar surface area (TPSA) is 68.0 Å². The van der Waals surface area contributed by atoms with Gasteiger partial charge in [-0.15, -0.1) is 10.2 Å². The van der Waals surface area contributed by atoms with Crippen LogP contribution in [0.15, 0.2) is 83.3 Å². The molecule has 0 radical (unpaired) electrons. The molecule has 4 rings (SSSR count). The molecule has 29 heavy (non-hydrogen) atoms. The molecular weight excluding hydrogens is 393 g/mol.